The summed E-state index contributed by atoms with van der Waals surface area (Å²) in [5, 5.41) is 2.67. The van der Waals surface area contributed by atoms with E-state index < -0.39 is 11.7 Å². The van der Waals surface area contributed by atoms with Gasteiger partial charge in [-0.15, -0.1) is 0 Å². The first-order valence-corrected chi connectivity index (χ1v) is 5.89. The minimum atomic E-state index is -0.531. The number of hydrogen-bond acceptors (Lipinski definition) is 4. The van der Waals surface area contributed by atoms with Gasteiger partial charge in [0.05, 0.1) is 19.1 Å². The highest BCUT2D eigenvalue weighted by Gasteiger charge is 2.30. The Morgan fingerprint density at radius 1 is 1.53 bits per heavy atom. The second kappa shape index (κ2) is 5.49. The molecule has 0 aromatic carbocycles. The lowest BCUT2D eigenvalue weighted by atomic mass is 9.94. The Hall–Kier alpha value is -1.10. The van der Waals surface area contributed by atoms with E-state index in [0.29, 0.717) is 19.6 Å². The van der Waals surface area contributed by atoms with Gasteiger partial charge in [-0.05, 0) is 27.7 Å². The maximum Gasteiger partial charge on any atom is 0.407 e. The van der Waals surface area contributed by atoms with Crippen molar-refractivity contribution in [1.29, 1.82) is 0 Å². The number of carbonyl (C=O) groups excluding carboxylic acids is 2. The molecule has 5 nitrogen and oxygen atoms in total. The Morgan fingerprint density at radius 3 is 2.71 bits per heavy atom. The van der Waals surface area contributed by atoms with Crippen LogP contribution in [-0.4, -0.2) is 36.7 Å². The highest BCUT2D eigenvalue weighted by molar-refractivity contribution is 5.83. The number of alkyl carbamates (subject to hydrolysis) is 1. The van der Waals surface area contributed by atoms with E-state index in [2.05, 4.69) is 5.32 Å². The van der Waals surface area contributed by atoms with Crippen molar-refractivity contribution < 1.29 is 19.1 Å². The molecule has 1 aliphatic rings. The average Bonchev–Trinajstić information content (AvgIpc) is 2.14. The molecule has 1 fully saturated rings. The van der Waals surface area contributed by atoms with Gasteiger partial charge in [0.15, 0.2) is 0 Å². The number of hydrogen-bond donors (Lipinski definition) is 1. The molecule has 0 saturated carbocycles. The normalized spacial score (nSPS) is 23.1. The molecule has 0 bridgehead atoms. The summed E-state index contributed by atoms with van der Waals surface area (Å²) in [6.07, 6.45) is -0.0752. The van der Waals surface area contributed by atoms with Crippen LogP contribution < -0.4 is 5.32 Å². The van der Waals surface area contributed by atoms with Crippen molar-refractivity contribution in [3.8, 4) is 0 Å². The molecule has 2 atom stereocenters. The van der Waals surface area contributed by atoms with Crippen molar-refractivity contribution in [3.63, 3.8) is 0 Å². The number of amides is 1. The highest BCUT2D eigenvalue weighted by Crippen LogP contribution is 2.15. The summed E-state index contributed by atoms with van der Waals surface area (Å²) in [5.74, 6) is -0.129. The van der Waals surface area contributed by atoms with Crippen molar-refractivity contribution in [3.05, 3.63) is 0 Å². The van der Waals surface area contributed by atoms with Crippen LogP contribution >= 0.6 is 0 Å². The minimum absolute atomic E-state index is 0.139. The molecule has 17 heavy (non-hydrogen) atoms. The molecule has 0 unspecified atom stereocenters. The van der Waals surface area contributed by atoms with Crippen LogP contribution in [0, 0.1) is 5.92 Å². The molecule has 0 aromatic heterocycles. The zero-order valence-electron chi connectivity index (χ0n) is 10.9. The molecule has 0 aliphatic carbocycles. The maximum absolute atomic E-state index is 11.6. The molecule has 5 heteroatoms. The molecule has 0 radical (unpaired) electrons. The zero-order valence-corrected chi connectivity index (χ0v) is 10.9. The van der Waals surface area contributed by atoms with Gasteiger partial charge in [-0.2, -0.15) is 0 Å². The molecule has 98 valence electrons. The third-order valence-electron chi connectivity index (χ3n) is 2.55. The van der Waals surface area contributed by atoms with Gasteiger partial charge in [0.1, 0.15) is 11.4 Å². The van der Waals surface area contributed by atoms with E-state index in [1.807, 2.05) is 0 Å². The SMILES string of the molecule is C[C@@H](NC(=O)OC(C)(C)C)[C@@H]1COCCC1=O. The van der Waals surface area contributed by atoms with Crippen LogP contribution in [0.15, 0.2) is 0 Å². The third kappa shape index (κ3) is 4.73. The first kappa shape index (κ1) is 14.0. The van der Waals surface area contributed by atoms with Crippen LogP contribution in [0.2, 0.25) is 0 Å². The molecular weight excluding hydrogens is 222 g/mol. The van der Waals surface area contributed by atoms with Crippen molar-refractivity contribution in [2.75, 3.05) is 13.2 Å². The van der Waals surface area contributed by atoms with Gasteiger partial charge in [0.2, 0.25) is 0 Å². The lowest BCUT2D eigenvalue weighted by molar-refractivity contribution is -0.131. The van der Waals surface area contributed by atoms with Crippen LogP contribution in [0.1, 0.15) is 34.1 Å². The second-order valence-corrected chi connectivity index (χ2v) is 5.33. The summed E-state index contributed by atoms with van der Waals surface area (Å²) in [6.45, 7) is 8.04. The number of rotatable bonds is 2. The lowest BCUT2D eigenvalue weighted by Gasteiger charge is -2.28. The van der Waals surface area contributed by atoms with E-state index in [1.54, 1.807) is 27.7 Å². The Morgan fingerprint density at radius 2 is 2.18 bits per heavy atom. The fraction of sp³-hybridized carbons (Fsp3) is 0.833. The standard InChI is InChI=1S/C12H21NO4/c1-8(9-7-16-6-5-10(9)14)13-11(15)17-12(2,3)4/h8-9H,5-7H2,1-4H3,(H,13,15)/t8-,9+/m1/s1. The number of Topliss-reactive ketones (excluding diaryl/α,β-unsaturated/α-hetero) is 1. The van der Waals surface area contributed by atoms with Crippen molar-refractivity contribution in [2.24, 2.45) is 5.92 Å². The number of carbonyl (C=O) groups is 2. The van der Waals surface area contributed by atoms with E-state index in [0.717, 1.165) is 0 Å². The molecule has 1 aliphatic heterocycles. The zero-order chi connectivity index (χ0) is 13.1. The Bertz CT molecular complexity index is 295. The summed E-state index contributed by atoms with van der Waals surface area (Å²) in [7, 11) is 0. The Balaban J connectivity index is 2.45. The molecular formula is C12H21NO4. The number of nitrogens with one attached hydrogen (secondary N) is 1. The van der Waals surface area contributed by atoms with E-state index >= 15 is 0 Å². The summed E-state index contributed by atoms with van der Waals surface area (Å²) in [5.41, 5.74) is -0.531. The summed E-state index contributed by atoms with van der Waals surface area (Å²) in [6, 6.07) is -0.266. The van der Waals surface area contributed by atoms with Crippen molar-refractivity contribution in [1.82, 2.24) is 5.32 Å². The average molecular weight is 243 g/mol. The molecule has 1 N–H and O–H groups in total. The Labute approximate surface area is 102 Å². The third-order valence-corrected chi connectivity index (χ3v) is 2.55. The predicted molar refractivity (Wildman–Crippen MR) is 62.8 cm³/mol. The minimum Gasteiger partial charge on any atom is -0.444 e. The molecule has 1 amide bonds. The Kier molecular flexibility index (Phi) is 4.51. The number of ether oxygens (including phenoxy) is 2. The second-order valence-electron chi connectivity index (χ2n) is 5.33. The first-order valence-electron chi connectivity index (χ1n) is 5.89. The lowest BCUT2D eigenvalue weighted by Crippen LogP contribution is -2.46. The van der Waals surface area contributed by atoms with Gasteiger partial charge in [0, 0.05) is 12.5 Å². The van der Waals surface area contributed by atoms with Crippen LogP contribution in [-0.2, 0) is 14.3 Å². The predicted octanol–water partition coefficient (Wildman–Crippen LogP) is 1.51. The topological polar surface area (TPSA) is 64.6 Å². The first-order chi connectivity index (χ1) is 7.79. The molecule has 0 spiro atoms. The fourth-order valence-corrected chi connectivity index (χ4v) is 1.68. The maximum atomic E-state index is 11.6. The largest absolute Gasteiger partial charge is 0.444 e. The smallest absolute Gasteiger partial charge is 0.407 e. The highest BCUT2D eigenvalue weighted by atomic mass is 16.6. The van der Waals surface area contributed by atoms with Gasteiger partial charge in [-0.1, -0.05) is 0 Å². The van der Waals surface area contributed by atoms with E-state index in [9.17, 15) is 9.59 Å². The summed E-state index contributed by atoms with van der Waals surface area (Å²) >= 11 is 0. The number of ketones is 1. The van der Waals surface area contributed by atoms with Gasteiger partial charge < -0.3 is 14.8 Å². The van der Waals surface area contributed by atoms with E-state index in [4.69, 9.17) is 9.47 Å². The molecule has 0 aromatic rings. The van der Waals surface area contributed by atoms with Crippen LogP contribution in [0.5, 0.6) is 0 Å². The van der Waals surface area contributed by atoms with Crippen molar-refractivity contribution >= 4 is 11.9 Å². The fourth-order valence-electron chi connectivity index (χ4n) is 1.68. The van der Waals surface area contributed by atoms with Gasteiger partial charge >= 0.3 is 6.09 Å². The van der Waals surface area contributed by atoms with Gasteiger partial charge in [-0.25, -0.2) is 4.79 Å². The van der Waals surface area contributed by atoms with Gasteiger partial charge in [-0.3, -0.25) is 4.79 Å². The molecule has 1 saturated heterocycles. The monoisotopic (exact) mass is 243 g/mol. The van der Waals surface area contributed by atoms with Gasteiger partial charge in [0.25, 0.3) is 0 Å². The quantitative estimate of drug-likeness (QED) is 0.798. The summed E-state index contributed by atoms with van der Waals surface area (Å²) < 4.78 is 10.4. The van der Waals surface area contributed by atoms with Crippen molar-refractivity contribution in [2.45, 2.75) is 45.8 Å². The summed E-state index contributed by atoms with van der Waals surface area (Å²) in [4.78, 5) is 23.2. The van der Waals surface area contributed by atoms with Crippen LogP contribution in [0.25, 0.3) is 0 Å². The van der Waals surface area contributed by atoms with E-state index in [-0.39, 0.29) is 17.7 Å². The molecule has 1 heterocycles. The van der Waals surface area contributed by atoms with Crippen LogP contribution in [0.4, 0.5) is 4.79 Å². The van der Waals surface area contributed by atoms with E-state index in [1.165, 1.54) is 0 Å². The van der Waals surface area contributed by atoms with Crippen LogP contribution in [0.3, 0.4) is 0 Å². The molecule has 1 rings (SSSR count).